The predicted octanol–water partition coefficient (Wildman–Crippen LogP) is 3.83. The van der Waals surface area contributed by atoms with Gasteiger partial charge in [-0.25, -0.2) is 0 Å². The Bertz CT molecular complexity index is 540. The molecule has 2 aromatic rings. The standard InChI is InChI=1S/C13H11BrN2S/c14-12-8-10(6-7-11(12)13(15)17)16-9-4-2-1-3-5-9/h1-8,16H,(H2,15,17). The molecule has 2 nitrogen and oxygen atoms in total. The van der Waals surface area contributed by atoms with Gasteiger partial charge in [0.25, 0.3) is 0 Å². The summed E-state index contributed by atoms with van der Waals surface area (Å²) in [7, 11) is 0. The molecule has 86 valence electrons. The predicted molar refractivity (Wildman–Crippen MR) is 79.8 cm³/mol. The Hall–Kier alpha value is -1.39. The molecule has 2 aromatic carbocycles. The molecule has 0 bridgehead atoms. The quantitative estimate of drug-likeness (QED) is 0.847. The SMILES string of the molecule is NC(=S)c1ccc(Nc2ccccc2)cc1Br. The smallest absolute Gasteiger partial charge is 0.105 e. The first-order valence-corrected chi connectivity index (χ1v) is 6.28. The second kappa shape index (κ2) is 5.29. The molecule has 0 aliphatic carbocycles. The fourth-order valence-electron chi connectivity index (χ4n) is 1.48. The van der Waals surface area contributed by atoms with Gasteiger partial charge in [-0.05, 0) is 46.3 Å². The van der Waals surface area contributed by atoms with Crippen molar-refractivity contribution >= 4 is 44.5 Å². The third-order valence-corrected chi connectivity index (χ3v) is 3.17. The van der Waals surface area contributed by atoms with Gasteiger partial charge in [0, 0.05) is 21.4 Å². The van der Waals surface area contributed by atoms with E-state index in [0.717, 1.165) is 21.4 Å². The van der Waals surface area contributed by atoms with Crippen LogP contribution in [0, 0.1) is 0 Å². The maximum atomic E-state index is 5.60. The lowest BCUT2D eigenvalue weighted by molar-refractivity contribution is 1.51. The van der Waals surface area contributed by atoms with Gasteiger partial charge >= 0.3 is 0 Å². The Morgan fingerprint density at radius 1 is 1.06 bits per heavy atom. The third-order valence-electron chi connectivity index (χ3n) is 2.30. The molecule has 0 heterocycles. The van der Waals surface area contributed by atoms with Gasteiger partial charge in [-0.2, -0.15) is 0 Å². The van der Waals surface area contributed by atoms with E-state index in [9.17, 15) is 0 Å². The second-order valence-electron chi connectivity index (χ2n) is 3.55. The topological polar surface area (TPSA) is 38.0 Å². The average Bonchev–Trinajstić information content (AvgIpc) is 2.30. The van der Waals surface area contributed by atoms with Gasteiger partial charge in [0.2, 0.25) is 0 Å². The Kier molecular flexibility index (Phi) is 3.76. The number of para-hydroxylation sites is 1. The molecule has 0 aromatic heterocycles. The summed E-state index contributed by atoms with van der Waals surface area (Å²) >= 11 is 8.40. The lowest BCUT2D eigenvalue weighted by Gasteiger charge is -2.08. The van der Waals surface area contributed by atoms with Crippen molar-refractivity contribution < 1.29 is 0 Å². The summed E-state index contributed by atoms with van der Waals surface area (Å²) < 4.78 is 0.894. The number of halogens is 1. The number of anilines is 2. The zero-order chi connectivity index (χ0) is 12.3. The zero-order valence-electron chi connectivity index (χ0n) is 8.98. The number of nitrogens with one attached hydrogen (secondary N) is 1. The molecule has 0 unspecified atom stereocenters. The molecule has 0 atom stereocenters. The van der Waals surface area contributed by atoms with E-state index < -0.39 is 0 Å². The van der Waals surface area contributed by atoms with Crippen molar-refractivity contribution in [3.8, 4) is 0 Å². The number of rotatable bonds is 3. The summed E-state index contributed by atoms with van der Waals surface area (Å²) in [6.45, 7) is 0. The molecular weight excluding hydrogens is 296 g/mol. The van der Waals surface area contributed by atoms with Crippen LogP contribution in [0.15, 0.2) is 53.0 Å². The maximum absolute atomic E-state index is 5.60. The highest BCUT2D eigenvalue weighted by Gasteiger charge is 2.03. The summed E-state index contributed by atoms with van der Waals surface area (Å²) in [4.78, 5) is 0.392. The Labute approximate surface area is 114 Å². The highest BCUT2D eigenvalue weighted by atomic mass is 79.9. The molecule has 0 aliphatic heterocycles. The summed E-state index contributed by atoms with van der Waals surface area (Å²) in [5.41, 5.74) is 8.48. The Morgan fingerprint density at radius 3 is 2.35 bits per heavy atom. The molecule has 0 radical (unpaired) electrons. The van der Waals surface area contributed by atoms with Gasteiger partial charge in [0.05, 0.1) is 0 Å². The first-order valence-electron chi connectivity index (χ1n) is 5.08. The monoisotopic (exact) mass is 306 g/mol. The molecule has 0 saturated heterocycles. The third kappa shape index (κ3) is 3.05. The van der Waals surface area contributed by atoms with Crippen molar-refractivity contribution in [3.63, 3.8) is 0 Å². The minimum atomic E-state index is 0.392. The molecule has 0 fully saturated rings. The first kappa shape index (κ1) is 12.1. The van der Waals surface area contributed by atoms with Crippen LogP contribution in [0.25, 0.3) is 0 Å². The van der Waals surface area contributed by atoms with E-state index in [-0.39, 0.29) is 0 Å². The molecule has 0 amide bonds. The Balaban J connectivity index is 2.24. The molecule has 2 rings (SSSR count). The number of nitrogens with two attached hydrogens (primary N) is 1. The van der Waals surface area contributed by atoms with Crippen LogP contribution in [-0.2, 0) is 0 Å². The van der Waals surface area contributed by atoms with E-state index in [2.05, 4.69) is 21.2 Å². The molecular formula is C13H11BrN2S. The van der Waals surface area contributed by atoms with Crippen LogP contribution in [0.2, 0.25) is 0 Å². The van der Waals surface area contributed by atoms with Gasteiger partial charge in [0.1, 0.15) is 4.99 Å². The van der Waals surface area contributed by atoms with Crippen molar-refractivity contribution in [2.45, 2.75) is 0 Å². The number of thiocarbonyl (C=S) groups is 1. The number of benzene rings is 2. The van der Waals surface area contributed by atoms with Crippen LogP contribution in [-0.4, -0.2) is 4.99 Å². The summed E-state index contributed by atoms with van der Waals surface area (Å²) in [6, 6.07) is 15.8. The van der Waals surface area contributed by atoms with E-state index in [1.165, 1.54) is 0 Å². The van der Waals surface area contributed by atoms with Crippen LogP contribution < -0.4 is 11.1 Å². The maximum Gasteiger partial charge on any atom is 0.105 e. The van der Waals surface area contributed by atoms with E-state index in [0.29, 0.717) is 4.99 Å². The molecule has 4 heteroatoms. The van der Waals surface area contributed by atoms with E-state index in [1.54, 1.807) is 0 Å². The van der Waals surface area contributed by atoms with Gasteiger partial charge in [-0.1, -0.05) is 30.4 Å². The van der Waals surface area contributed by atoms with Crippen molar-refractivity contribution in [3.05, 3.63) is 58.6 Å². The van der Waals surface area contributed by atoms with Crippen molar-refractivity contribution in [2.24, 2.45) is 5.73 Å². The number of hydrogen-bond donors (Lipinski definition) is 2. The van der Waals surface area contributed by atoms with E-state index in [4.69, 9.17) is 18.0 Å². The largest absolute Gasteiger partial charge is 0.389 e. The van der Waals surface area contributed by atoms with Crippen molar-refractivity contribution in [1.82, 2.24) is 0 Å². The number of hydrogen-bond acceptors (Lipinski definition) is 2. The van der Waals surface area contributed by atoms with Gasteiger partial charge in [-0.3, -0.25) is 0 Å². The minimum absolute atomic E-state index is 0.392. The zero-order valence-corrected chi connectivity index (χ0v) is 11.4. The van der Waals surface area contributed by atoms with Gasteiger partial charge in [0.15, 0.2) is 0 Å². The van der Waals surface area contributed by atoms with Gasteiger partial charge in [-0.15, -0.1) is 0 Å². The Morgan fingerprint density at radius 2 is 1.76 bits per heavy atom. The first-order chi connectivity index (χ1) is 8.16. The van der Waals surface area contributed by atoms with E-state index in [1.807, 2.05) is 48.5 Å². The lowest BCUT2D eigenvalue weighted by Crippen LogP contribution is -2.10. The van der Waals surface area contributed by atoms with Crippen LogP contribution >= 0.6 is 28.1 Å². The molecule has 0 aliphatic rings. The van der Waals surface area contributed by atoms with Gasteiger partial charge < -0.3 is 11.1 Å². The molecule has 3 N–H and O–H groups in total. The summed E-state index contributed by atoms with van der Waals surface area (Å²) in [5.74, 6) is 0. The highest BCUT2D eigenvalue weighted by molar-refractivity contribution is 9.10. The molecule has 0 spiro atoms. The summed E-state index contributed by atoms with van der Waals surface area (Å²) in [6.07, 6.45) is 0. The van der Waals surface area contributed by atoms with Crippen molar-refractivity contribution in [1.29, 1.82) is 0 Å². The van der Waals surface area contributed by atoms with Crippen LogP contribution in [0.5, 0.6) is 0 Å². The minimum Gasteiger partial charge on any atom is -0.389 e. The van der Waals surface area contributed by atoms with Crippen LogP contribution in [0.4, 0.5) is 11.4 Å². The van der Waals surface area contributed by atoms with Crippen molar-refractivity contribution in [2.75, 3.05) is 5.32 Å². The van der Waals surface area contributed by atoms with E-state index >= 15 is 0 Å². The molecule has 17 heavy (non-hydrogen) atoms. The molecule has 0 saturated carbocycles. The highest BCUT2D eigenvalue weighted by Crippen LogP contribution is 2.24. The summed E-state index contributed by atoms with van der Waals surface area (Å²) in [5, 5.41) is 3.30. The normalized spacial score (nSPS) is 9.94. The van der Waals surface area contributed by atoms with Crippen LogP contribution in [0.1, 0.15) is 5.56 Å². The lowest BCUT2D eigenvalue weighted by atomic mass is 10.2. The van der Waals surface area contributed by atoms with Crippen LogP contribution in [0.3, 0.4) is 0 Å². The second-order valence-corrected chi connectivity index (χ2v) is 4.84. The average molecular weight is 307 g/mol. The fraction of sp³-hybridized carbons (Fsp3) is 0. The fourth-order valence-corrected chi connectivity index (χ4v) is 2.38.